The summed E-state index contributed by atoms with van der Waals surface area (Å²) in [5.74, 6) is 0. The van der Waals surface area contributed by atoms with E-state index >= 15 is 0 Å². The maximum Gasteiger partial charge on any atom is 0.0386 e. The minimum Gasteiger partial charge on any atom is -0.293 e. The third kappa shape index (κ3) is 5.41. The summed E-state index contributed by atoms with van der Waals surface area (Å²) in [4.78, 5) is 4.06. The average molecular weight is 111 g/mol. The van der Waals surface area contributed by atoms with Gasteiger partial charge < -0.3 is 0 Å². The van der Waals surface area contributed by atoms with Gasteiger partial charge >= 0.3 is 0 Å². The standard InChI is InChI=1S/C7H13N/c1-4-5-8-6-7(2)3/h6H,2,4-5H2,1,3H3/b8-6-. The van der Waals surface area contributed by atoms with Crippen LogP contribution in [0.1, 0.15) is 20.3 Å². The third-order valence-corrected chi connectivity index (χ3v) is 0.664. The molecule has 0 rings (SSSR count). The van der Waals surface area contributed by atoms with Gasteiger partial charge in [0.05, 0.1) is 0 Å². The van der Waals surface area contributed by atoms with Crippen molar-refractivity contribution in [3.8, 4) is 0 Å². The van der Waals surface area contributed by atoms with Crippen LogP contribution >= 0.6 is 0 Å². The molecule has 0 unspecified atom stereocenters. The summed E-state index contributed by atoms with van der Waals surface area (Å²) in [5.41, 5.74) is 1.03. The van der Waals surface area contributed by atoms with E-state index in [9.17, 15) is 0 Å². The first-order chi connectivity index (χ1) is 3.77. The molecule has 0 saturated carbocycles. The largest absolute Gasteiger partial charge is 0.293 e. The number of aliphatic imine (C=N–C) groups is 1. The molecule has 0 heterocycles. The lowest BCUT2D eigenvalue weighted by Gasteiger charge is -1.84. The lowest BCUT2D eigenvalue weighted by Crippen LogP contribution is -1.78. The fourth-order valence-corrected chi connectivity index (χ4v) is 0.349. The highest BCUT2D eigenvalue weighted by Gasteiger charge is 1.72. The molecule has 0 aliphatic carbocycles. The monoisotopic (exact) mass is 111 g/mol. The van der Waals surface area contributed by atoms with Crippen molar-refractivity contribution in [1.82, 2.24) is 0 Å². The molecule has 0 aliphatic rings. The Morgan fingerprint density at radius 1 is 1.75 bits per heavy atom. The molecule has 1 heteroatoms. The molecular weight excluding hydrogens is 98.1 g/mol. The van der Waals surface area contributed by atoms with E-state index in [-0.39, 0.29) is 0 Å². The quantitative estimate of drug-likeness (QED) is 0.494. The van der Waals surface area contributed by atoms with E-state index in [1.54, 1.807) is 0 Å². The van der Waals surface area contributed by atoms with E-state index in [0.717, 1.165) is 18.5 Å². The highest BCUT2D eigenvalue weighted by molar-refractivity contribution is 5.76. The van der Waals surface area contributed by atoms with E-state index in [2.05, 4.69) is 18.5 Å². The first-order valence-corrected chi connectivity index (χ1v) is 2.92. The number of hydrogen-bond acceptors (Lipinski definition) is 1. The zero-order valence-electron chi connectivity index (χ0n) is 5.65. The Morgan fingerprint density at radius 2 is 2.38 bits per heavy atom. The first-order valence-electron chi connectivity index (χ1n) is 2.92. The predicted octanol–water partition coefficient (Wildman–Crippen LogP) is 2.04. The number of allylic oxidation sites excluding steroid dienone is 1. The Bertz CT molecular complexity index is 92.6. The second-order valence-electron chi connectivity index (χ2n) is 1.88. The van der Waals surface area contributed by atoms with Gasteiger partial charge in [0.2, 0.25) is 0 Å². The highest BCUT2D eigenvalue weighted by Crippen LogP contribution is 1.81. The van der Waals surface area contributed by atoms with Crippen LogP contribution in [-0.4, -0.2) is 12.8 Å². The molecule has 0 aromatic carbocycles. The first kappa shape index (κ1) is 7.41. The summed E-state index contributed by atoms with van der Waals surface area (Å²) in [6, 6.07) is 0. The summed E-state index contributed by atoms with van der Waals surface area (Å²) in [5, 5.41) is 0. The third-order valence-electron chi connectivity index (χ3n) is 0.664. The highest BCUT2D eigenvalue weighted by atomic mass is 14.7. The predicted molar refractivity (Wildman–Crippen MR) is 38.5 cm³/mol. The summed E-state index contributed by atoms with van der Waals surface area (Å²) < 4.78 is 0. The zero-order chi connectivity index (χ0) is 6.41. The fraction of sp³-hybridized carbons (Fsp3) is 0.571. The van der Waals surface area contributed by atoms with Gasteiger partial charge in [-0.25, -0.2) is 0 Å². The van der Waals surface area contributed by atoms with Crippen LogP contribution in [0.25, 0.3) is 0 Å². The van der Waals surface area contributed by atoms with E-state index in [1.165, 1.54) is 0 Å². The van der Waals surface area contributed by atoms with Crippen molar-refractivity contribution >= 4 is 6.21 Å². The molecule has 0 aliphatic heterocycles. The minimum atomic E-state index is 0.923. The SMILES string of the molecule is C=C(C)/C=N\CCC. The molecule has 8 heavy (non-hydrogen) atoms. The van der Waals surface area contributed by atoms with Crippen LogP contribution in [0.4, 0.5) is 0 Å². The van der Waals surface area contributed by atoms with Crippen LogP contribution in [0.2, 0.25) is 0 Å². The molecule has 0 aromatic heterocycles. The van der Waals surface area contributed by atoms with Gasteiger partial charge in [0.1, 0.15) is 0 Å². The van der Waals surface area contributed by atoms with E-state index in [4.69, 9.17) is 0 Å². The van der Waals surface area contributed by atoms with Gasteiger partial charge in [0.25, 0.3) is 0 Å². The maximum absolute atomic E-state index is 4.06. The molecule has 0 aromatic rings. The topological polar surface area (TPSA) is 12.4 Å². The Hall–Kier alpha value is -0.590. The molecule has 0 radical (unpaired) electrons. The fourth-order valence-electron chi connectivity index (χ4n) is 0.349. The van der Waals surface area contributed by atoms with Crippen molar-refractivity contribution in [2.24, 2.45) is 4.99 Å². The number of hydrogen-bond donors (Lipinski definition) is 0. The number of rotatable bonds is 3. The van der Waals surface area contributed by atoms with Crippen molar-refractivity contribution in [3.63, 3.8) is 0 Å². The van der Waals surface area contributed by atoms with Crippen molar-refractivity contribution in [2.75, 3.05) is 6.54 Å². The van der Waals surface area contributed by atoms with Gasteiger partial charge in [-0.3, -0.25) is 4.99 Å². The summed E-state index contributed by atoms with van der Waals surface area (Å²) in [6.07, 6.45) is 2.92. The van der Waals surface area contributed by atoms with Gasteiger partial charge in [0, 0.05) is 12.8 Å². The van der Waals surface area contributed by atoms with Gasteiger partial charge in [-0.1, -0.05) is 13.5 Å². The Morgan fingerprint density at radius 3 is 2.75 bits per heavy atom. The van der Waals surface area contributed by atoms with Crippen molar-refractivity contribution in [2.45, 2.75) is 20.3 Å². The minimum absolute atomic E-state index is 0.923. The van der Waals surface area contributed by atoms with Gasteiger partial charge in [0.15, 0.2) is 0 Å². The molecule has 0 bridgehead atoms. The lowest BCUT2D eigenvalue weighted by atomic mass is 10.4. The van der Waals surface area contributed by atoms with Gasteiger partial charge in [-0.2, -0.15) is 0 Å². The molecule has 46 valence electrons. The number of nitrogens with zero attached hydrogens (tertiary/aromatic N) is 1. The molecule has 0 spiro atoms. The second-order valence-corrected chi connectivity index (χ2v) is 1.88. The van der Waals surface area contributed by atoms with Crippen LogP contribution in [0, 0.1) is 0 Å². The van der Waals surface area contributed by atoms with Gasteiger partial charge in [-0.05, 0) is 18.9 Å². The van der Waals surface area contributed by atoms with Crippen LogP contribution < -0.4 is 0 Å². The molecule has 0 amide bonds. The lowest BCUT2D eigenvalue weighted by molar-refractivity contribution is 0.936. The van der Waals surface area contributed by atoms with Crippen LogP contribution in [0.5, 0.6) is 0 Å². The molecule has 0 atom stereocenters. The maximum atomic E-state index is 4.06. The van der Waals surface area contributed by atoms with Crippen molar-refractivity contribution in [1.29, 1.82) is 0 Å². The van der Waals surface area contributed by atoms with E-state index in [0.29, 0.717) is 0 Å². The van der Waals surface area contributed by atoms with Crippen LogP contribution in [-0.2, 0) is 0 Å². The van der Waals surface area contributed by atoms with Crippen molar-refractivity contribution in [3.05, 3.63) is 12.2 Å². The smallest absolute Gasteiger partial charge is 0.0386 e. The van der Waals surface area contributed by atoms with Gasteiger partial charge in [-0.15, -0.1) is 0 Å². The molecule has 0 N–H and O–H groups in total. The van der Waals surface area contributed by atoms with E-state index < -0.39 is 0 Å². The van der Waals surface area contributed by atoms with Crippen LogP contribution in [0.3, 0.4) is 0 Å². The normalized spacial score (nSPS) is 10.2. The molecule has 0 saturated heterocycles. The second kappa shape index (κ2) is 4.57. The Kier molecular flexibility index (Phi) is 4.23. The summed E-state index contributed by atoms with van der Waals surface area (Å²) >= 11 is 0. The van der Waals surface area contributed by atoms with Crippen molar-refractivity contribution < 1.29 is 0 Å². The van der Waals surface area contributed by atoms with E-state index in [1.807, 2.05) is 13.1 Å². The molecule has 1 nitrogen and oxygen atoms in total. The summed E-state index contributed by atoms with van der Waals surface area (Å²) in [7, 11) is 0. The summed E-state index contributed by atoms with van der Waals surface area (Å²) in [6.45, 7) is 8.65. The average Bonchev–Trinajstić information content (AvgIpc) is 1.66. The Labute approximate surface area is 51.1 Å². The Balaban J connectivity index is 3.20. The molecule has 0 fully saturated rings. The zero-order valence-corrected chi connectivity index (χ0v) is 5.65. The van der Waals surface area contributed by atoms with Crippen LogP contribution in [0.15, 0.2) is 17.1 Å². The molecular formula is C7H13N.